The maximum absolute atomic E-state index is 12.4. The van der Waals surface area contributed by atoms with Gasteiger partial charge >= 0.3 is 0 Å². The molecule has 2 aromatic rings. The van der Waals surface area contributed by atoms with Crippen molar-refractivity contribution in [2.45, 2.75) is 12.6 Å². The molecule has 2 heterocycles. The number of aromatic nitrogens is 1. The third-order valence-electron chi connectivity index (χ3n) is 3.17. The second-order valence-electron chi connectivity index (χ2n) is 4.58. The van der Waals surface area contributed by atoms with Crippen LogP contribution in [-0.2, 0) is 16.1 Å². The van der Waals surface area contributed by atoms with Gasteiger partial charge in [0.05, 0.1) is 12.7 Å². The van der Waals surface area contributed by atoms with Crippen LogP contribution in [0.15, 0.2) is 47.1 Å². The monoisotopic (exact) mass is 271 g/mol. The zero-order valence-corrected chi connectivity index (χ0v) is 10.7. The van der Waals surface area contributed by atoms with Crippen molar-refractivity contribution >= 4 is 11.8 Å². The van der Waals surface area contributed by atoms with E-state index in [9.17, 15) is 9.59 Å². The van der Waals surface area contributed by atoms with Crippen molar-refractivity contribution in [2.75, 3.05) is 6.54 Å². The van der Waals surface area contributed by atoms with Crippen LogP contribution in [0.3, 0.4) is 0 Å². The molecule has 20 heavy (non-hydrogen) atoms. The van der Waals surface area contributed by atoms with Crippen LogP contribution in [0.5, 0.6) is 0 Å². The Hall–Kier alpha value is -2.63. The van der Waals surface area contributed by atoms with E-state index in [4.69, 9.17) is 4.52 Å². The Morgan fingerprint density at radius 2 is 2.05 bits per heavy atom. The van der Waals surface area contributed by atoms with E-state index in [0.717, 1.165) is 5.56 Å². The van der Waals surface area contributed by atoms with Gasteiger partial charge in [0, 0.05) is 6.07 Å². The number of nitrogens with one attached hydrogen (secondary N) is 1. The van der Waals surface area contributed by atoms with Gasteiger partial charge in [-0.05, 0) is 5.56 Å². The molecule has 1 N–H and O–H groups in total. The van der Waals surface area contributed by atoms with Crippen LogP contribution < -0.4 is 5.32 Å². The third-order valence-corrected chi connectivity index (χ3v) is 3.17. The van der Waals surface area contributed by atoms with Gasteiger partial charge in [0.15, 0.2) is 5.76 Å². The standard InChI is InChI=1S/C14H13N3O3/c18-12-9-17(8-11-6-7-15-20-11)14(19)13(16-12)10-4-2-1-3-5-10/h1-7,13H,8-9H2,(H,16,18). The summed E-state index contributed by atoms with van der Waals surface area (Å²) in [4.78, 5) is 25.7. The summed E-state index contributed by atoms with van der Waals surface area (Å²) < 4.78 is 4.99. The highest BCUT2D eigenvalue weighted by Gasteiger charge is 2.33. The number of carbonyl (C=O) groups is 2. The molecule has 3 rings (SSSR count). The molecule has 1 fully saturated rings. The average molecular weight is 271 g/mol. The van der Waals surface area contributed by atoms with Crippen LogP contribution in [0.2, 0.25) is 0 Å². The maximum atomic E-state index is 12.4. The van der Waals surface area contributed by atoms with Gasteiger partial charge in [-0.1, -0.05) is 35.5 Å². The van der Waals surface area contributed by atoms with Gasteiger partial charge in [0.25, 0.3) is 5.91 Å². The minimum Gasteiger partial charge on any atom is -0.360 e. The van der Waals surface area contributed by atoms with Crippen LogP contribution in [0.4, 0.5) is 0 Å². The van der Waals surface area contributed by atoms with Crippen molar-refractivity contribution in [3.63, 3.8) is 0 Å². The van der Waals surface area contributed by atoms with E-state index >= 15 is 0 Å². The molecule has 102 valence electrons. The van der Waals surface area contributed by atoms with Crippen molar-refractivity contribution < 1.29 is 14.1 Å². The Kier molecular flexibility index (Phi) is 3.20. The molecule has 0 spiro atoms. The van der Waals surface area contributed by atoms with E-state index in [2.05, 4.69) is 10.5 Å². The molecule has 1 atom stereocenters. The van der Waals surface area contributed by atoms with Crippen molar-refractivity contribution in [1.29, 1.82) is 0 Å². The van der Waals surface area contributed by atoms with E-state index < -0.39 is 6.04 Å². The van der Waals surface area contributed by atoms with Gasteiger partial charge < -0.3 is 14.7 Å². The molecule has 1 aromatic carbocycles. The van der Waals surface area contributed by atoms with Crippen LogP contribution in [0.1, 0.15) is 17.4 Å². The molecule has 1 aliphatic heterocycles. The van der Waals surface area contributed by atoms with Crippen molar-refractivity contribution in [1.82, 2.24) is 15.4 Å². The molecule has 0 saturated carbocycles. The zero-order valence-electron chi connectivity index (χ0n) is 10.7. The van der Waals surface area contributed by atoms with Gasteiger partial charge in [-0.2, -0.15) is 0 Å². The molecule has 1 aliphatic rings. The number of hydrogen-bond donors (Lipinski definition) is 1. The van der Waals surface area contributed by atoms with E-state index in [1.807, 2.05) is 30.3 Å². The number of carbonyl (C=O) groups excluding carboxylic acids is 2. The Balaban J connectivity index is 1.82. The van der Waals surface area contributed by atoms with Gasteiger partial charge in [0.1, 0.15) is 12.6 Å². The summed E-state index contributed by atoms with van der Waals surface area (Å²) in [7, 11) is 0. The van der Waals surface area contributed by atoms with Crippen molar-refractivity contribution in [3.05, 3.63) is 53.9 Å². The molecular formula is C14H13N3O3. The van der Waals surface area contributed by atoms with Gasteiger partial charge in [0.2, 0.25) is 5.91 Å². The summed E-state index contributed by atoms with van der Waals surface area (Å²) in [5.41, 5.74) is 0.771. The minimum atomic E-state index is -0.639. The van der Waals surface area contributed by atoms with Gasteiger partial charge in [-0.25, -0.2) is 0 Å². The summed E-state index contributed by atoms with van der Waals surface area (Å²) in [6.45, 7) is 0.276. The number of benzene rings is 1. The Morgan fingerprint density at radius 3 is 2.75 bits per heavy atom. The molecule has 6 nitrogen and oxygen atoms in total. The second kappa shape index (κ2) is 5.16. The SMILES string of the molecule is O=C1CN(Cc2ccno2)C(=O)C(c2ccccc2)N1. The number of rotatable bonds is 3. The maximum Gasteiger partial charge on any atom is 0.250 e. The van der Waals surface area contributed by atoms with Crippen LogP contribution in [0.25, 0.3) is 0 Å². The predicted molar refractivity (Wildman–Crippen MR) is 69.2 cm³/mol. The van der Waals surface area contributed by atoms with E-state index in [-0.39, 0.29) is 24.9 Å². The van der Waals surface area contributed by atoms with Gasteiger partial charge in [-0.3, -0.25) is 9.59 Å². The lowest BCUT2D eigenvalue weighted by molar-refractivity contribution is -0.145. The molecule has 0 radical (unpaired) electrons. The molecule has 6 heteroatoms. The van der Waals surface area contributed by atoms with E-state index in [1.54, 1.807) is 6.07 Å². The molecule has 2 amide bonds. The molecule has 1 aromatic heterocycles. The summed E-state index contributed by atoms with van der Waals surface area (Å²) in [6, 6.07) is 10.2. The van der Waals surface area contributed by atoms with Crippen LogP contribution >= 0.6 is 0 Å². The fourth-order valence-corrected chi connectivity index (χ4v) is 2.22. The summed E-state index contributed by atoms with van der Waals surface area (Å²) in [5.74, 6) is 0.227. The van der Waals surface area contributed by atoms with Crippen molar-refractivity contribution in [3.8, 4) is 0 Å². The normalized spacial score (nSPS) is 19.0. The topological polar surface area (TPSA) is 75.4 Å². The lowest BCUT2D eigenvalue weighted by Gasteiger charge is -2.32. The number of amides is 2. The third kappa shape index (κ3) is 2.40. The first-order valence-corrected chi connectivity index (χ1v) is 6.27. The first-order chi connectivity index (χ1) is 9.74. The average Bonchev–Trinajstić information content (AvgIpc) is 2.96. The van der Waals surface area contributed by atoms with Crippen LogP contribution in [-0.4, -0.2) is 28.4 Å². The smallest absolute Gasteiger partial charge is 0.250 e. The fourth-order valence-electron chi connectivity index (χ4n) is 2.22. The highest BCUT2D eigenvalue weighted by Crippen LogP contribution is 2.20. The Bertz CT molecular complexity index is 610. The first kappa shape index (κ1) is 12.4. The molecule has 0 bridgehead atoms. The lowest BCUT2D eigenvalue weighted by atomic mass is 10.0. The molecule has 1 unspecified atom stereocenters. The van der Waals surface area contributed by atoms with Gasteiger partial charge in [-0.15, -0.1) is 0 Å². The molecule has 0 aliphatic carbocycles. The lowest BCUT2D eigenvalue weighted by Crippen LogP contribution is -2.52. The van der Waals surface area contributed by atoms with E-state index in [0.29, 0.717) is 5.76 Å². The van der Waals surface area contributed by atoms with Crippen molar-refractivity contribution in [2.24, 2.45) is 0 Å². The summed E-state index contributed by atoms with van der Waals surface area (Å²) in [5, 5.41) is 6.31. The molecule has 1 saturated heterocycles. The van der Waals surface area contributed by atoms with E-state index in [1.165, 1.54) is 11.1 Å². The number of hydrogen-bond acceptors (Lipinski definition) is 4. The van der Waals surface area contributed by atoms with Crippen LogP contribution in [0, 0.1) is 0 Å². The summed E-state index contributed by atoms with van der Waals surface area (Å²) >= 11 is 0. The fraction of sp³-hybridized carbons (Fsp3) is 0.214. The summed E-state index contributed by atoms with van der Waals surface area (Å²) in [6.07, 6.45) is 1.51. The highest BCUT2D eigenvalue weighted by molar-refractivity contribution is 5.95. The predicted octanol–water partition coefficient (Wildman–Crippen LogP) is 0.874. The Morgan fingerprint density at radius 1 is 1.25 bits per heavy atom. The Labute approximate surface area is 115 Å². The zero-order chi connectivity index (χ0) is 13.9. The number of nitrogens with zero attached hydrogens (tertiary/aromatic N) is 2. The largest absolute Gasteiger partial charge is 0.360 e. The number of piperazine rings is 1. The quantitative estimate of drug-likeness (QED) is 0.899. The second-order valence-corrected chi connectivity index (χ2v) is 4.58. The first-order valence-electron chi connectivity index (χ1n) is 6.27. The highest BCUT2D eigenvalue weighted by atomic mass is 16.5. The minimum absolute atomic E-state index is 0.0306. The molecular weight excluding hydrogens is 258 g/mol.